The minimum absolute atomic E-state index is 0.548. The molecule has 0 saturated heterocycles. The van der Waals surface area contributed by atoms with Crippen LogP contribution in [0, 0.1) is 5.92 Å². The number of nitrogens with zero attached hydrogens (tertiary/aromatic N) is 1. The van der Waals surface area contributed by atoms with Crippen LogP contribution in [0.15, 0.2) is 18.2 Å². The van der Waals surface area contributed by atoms with E-state index in [1.54, 1.807) is 0 Å². The smallest absolute Gasteiger partial charge is 0.0351 e. The minimum Gasteiger partial charge on any atom is -0.399 e. The molecule has 0 amide bonds. The van der Waals surface area contributed by atoms with Gasteiger partial charge in [0, 0.05) is 18.3 Å². The van der Waals surface area contributed by atoms with Gasteiger partial charge in [0.1, 0.15) is 0 Å². The van der Waals surface area contributed by atoms with Crippen molar-refractivity contribution >= 4 is 5.69 Å². The maximum Gasteiger partial charge on any atom is 0.0351 e. The van der Waals surface area contributed by atoms with Crippen LogP contribution in [0.1, 0.15) is 37.4 Å². The molecule has 1 aliphatic rings. The summed E-state index contributed by atoms with van der Waals surface area (Å²) in [7, 11) is 2.22. The van der Waals surface area contributed by atoms with Gasteiger partial charge in [-0.25, -0.2) is 0 Å². The van der Waals surface area contributed by atoms with E-state index in [2.05, 4.69) is 37.9 Å². The average molecular weight is 218 g/mol. The lowest BCUT2D eigenvalue weighted by Crippen LogP contribution is -2.33. The van der Waals surface area contributed by atoms with Gasteiger partial charge in [0.05, 0.1) is 0 Å². The standard InChI is InChI=1S/C14H22N2/c1-10(2)8-14-13-9-12(15)5-4-11(13)6-7-16(14)3/h4-5,9-10,14H,6-8,15H2,1-3H3/t14-/m0/s1. The Morgan fingerprint density at radius 3 is 2.88 bits per heavy atom. The molecule has 0 saturated carbocycles. The van der Waals surface area contributed by atoms with Gasteiger partial charge in [-0.3, -0.25) is 4.90 Å². The van der Waals surface area contributed by atoms with Crippen LogP contribution in [0.3, 0.4) is 0 Å². The highest BCUT2D eigenvalue weighted by Gasteiger charge is 2.25. The van der Waals surface area contributed by atoms with Crippen molar-refractivity contribution in [3.63, 3.8) is 0 Å². The van der Waals surface area contributed by atoms with E-state index in [1.165, 1.54) is 17.5 Å². The molecule has 2 heteroatoms. The summed E-state index contributed by atoms with van der Waals surface area (Å²) < 4.78 is 0. The molecule has 2 rings (SSSR count). The fourth-order valence-corrected chi connectivity index (χ4v) is 2.59. The fraction of sp³-hybridized carbons (Fsp3) is 0.571. The van der Waals surface area contributed by atoms with E-state index in [-0.39, 0.29) is 0 Å². The molecule has 1 heterocycles. The summed E-state index contributed by atoms with van der Waals surface area (Å²) in [5, 5.41) is 0. The quantitative estimate of drug-likeness (QED) is 0.773. The van der Waals surface area contributed by atoms with E-state index in [1.807, 2.05) is 6.07 Å². The highest BCUT2D eigenvalue weighted by atomic mass is 15.1. The molecule has 16 heavy (non-hydrogen) atoms. The van der Waals surface area contributed by atoms with Gasteiger partial charge in [0.15, 0.2) is 0 Å². The van der Waals surface area contributed by atoms with E-state index < -0.39 is 0 Å². The number of rotatable bonds is 2. The van der Waals surface area contributed by atoms with Gasteiger partial charge >= 0.3 is 0 Å². The first-order chi connectivity index (χ1) is 7.58. The van der Waals surface area contributed by atoms with Crippen molar-refractivity contribution < 1.29 is 0 Å². The van der Waals surface area contributed by atoms with E-state index in [9.17, 15) is 0 Å². The zero-order chi connectivity index (χ0) is 11.7. The summed E-state index contributed by atoms with van der Waals surface area (Å²) in [6.07, 6.45) is 2.37. The van der Waals surface area contributed by atoms with E-state index in [4.69, 9.17) is 5.73 Å². The first-order valence-corrected chi connectivity index (χ1v) is 6.16. The van der Waals surface area contributed by atoms with Crippen molar-refractivity contribution in [2.45, 2.75) is 32.7 Å². The lowest BCUT2D eigenvalue weighted by molar-refractivity contribution is 0.202. The maximum atomic E-state index is 5.90. The van der Waals surface area contributed by atoms with Crippen LogP contribution >= 0.6 is 0 Å². The molecule has 1 atom stereocenters. The molecule has 0 aliphatic carbocycles. The third-order valence-corrected chi connectivity index (χ3v) is 3.49. The van der Waals surface area contributed by atoms with Gasteiger partial charge in [-0.1, -0.05) is 19.9 Å². The minimum atomic E-state index is 0.548. The molecule has 0 unspecified atom stereocenters. The Morgan fingerprint density at radius 2 is 2.19 bits per heavy atom. The summed E-state index contributed by atoms with van der Waals surface area (Å²) >= 11 is 0. The SMILES string of the molecule is CC(C)C[C@H]1c2cc(N)ccc2CCN1C. The highest BCUT2D eigenvalue weighted by molar-refractivity contribution is 5.47. The second kappa shape index (κ2) is 4.46. The fourth-order valence-electron chi connectivity index (χ4n) is 2.59. The van der Waals surface area contributed by atoms with Crippen LogP contribution in [-0.4, -0.2) is 18.5 Å². The van der Waals surface area contributed by atoms with E-state index in [0.717, 1.165) is 24.6 Å². The van der Waals surface area contributed by atoms with Gasteiger partial charge in [-0.05, 0) is 49.1 Å². The normalized spacial score (nSPS) is 21.1. The maximum absolute atomic E-state index is 5.90. The number of anilines is 1. The first-order valence-electron chi connectivity index (χ1n) is 6.16. The molecule has 88 valence electrons. The number of hydrogen-bond acceptors (Lipinski definition) is 2. The Hall–Kier alpha value is -1.02. The Balaban J connectivity index is 2.34. The largest absolute Gasteiger partial charge is 0.399 e. The summed E-state index contributed by atoms with van der Waals surface area (Å²) in [5.41, 5.74) is 9.72. The molecular formula is C14H22N2. The van der Waals surface area contributed by atoms with Crippen molar-refractivity contribution in [1.29, 1.82) is 0 Å². The van der Waals surface area contributed by atoms with Gasteiger partial charge < -0.3 is 5.73 Å². The summed E-state index contributed by atoms with van der Waals surface area (Å²) in [6, 6.07) is 6.94. The van der Waals surface area contributed by atoms with Crippen molar-refractivity contribution in [1.82, 2.24) is 4.90 Å². The lowest BCUT2D eigenvalue weighted by Gasteiger charge is -2.35. The van der Waals surface area contributed by atoms with Crippen molar-refractivity contribution in [2.24, 2.45) is 5.92 Å². The molecule has 1 aromatic carbocycles. The number of fused-ring (bicyclic) bond motifs is 1. The van der Waals surface area contributed by atoms with E-state index in [0.29, 0.717) is 6.04 Å². The van der Waals surface area contributed by atoms with Crippen LogP contribution in [0.4, 0.5) is 5.69 Å². The van der Waals surface area contributed by atoms with Crippen molar-refractivity contribution in [3.05, 3.63) is 29.3 Å². The highest BCUT2D eigenvalue weighted by Crippen LogP contribution is 2.34. The number of hydrogen-bond donors (Lipinski definition) is 1. The predicted octanol–water partition coefficient (Wildman–Crippen LogP) is 2.84. The van der Waals surface area contributed by atoms with Crippen LogP contribution in [0.5, 0.6) is 0 Å². The number of benzene rings is 1. The Labute approximate surface area is 98.4 Å². The Bertz CT molecular complexity index is 371. The topological polar surface area (TPSA) is 29.3 Å². The number of nitrogen functional groups attached to an aromatic ring is 1. The third kappa shape index (κ3) is 2.22. The van der Waals surface area contributed by atoms with Crippen LogP contribution < -0.4 is 5.73 Å². The monoisotopic (exact) mass is 218 g/mol. The number of nitrogens with two attached hydrogens (primary N) is 1. The lowest BCUT2D eigenvalue weighted by atomic mass is 9.88. The summed E-state index contributed by atoms with van der Waals surface area (Å²) in [5.74, 6) is 0.722. The zero-order valence-corrected chi connectivity index (χ0v) is 10.5. The van der Waals surface area contributed by atoms with Gasteiger partial charge in [0.25, 0.3) is 0 Å². The van der Waals surface area contributed by atoms with Crippen LogP contribution in [0.2, 0.25) is 0 Å². The molecule has 0 radical (unpaired) electrons. The molecule has 1 aromatic rings. The van der Waals surface area contributed by atoms with Gasteiger partial charge in [-0.15, -0.1) is 0 Å². The van der Waals surface area contributed by atoms with Gasteiger partial charge in [-0.2, -0.15) is 0 Å². The van der Waals surface area contributed by atoms with Crippen molar-refractivity contribution in [2.75, 3.05) is 19.3 Å². The van der Waals surface area contributed by atoms with E-state index >= 15 is 0 Å². The molecule has 0 fully saturated rings. The molecule has 0 bridgehead atoms. The summed E-state index contributed by atoms with van der Waals surface area (Å²) in [6.45, 7) is 5.73. The van der Waals surface area contributed by atoms with Crippen LogP contribution in [-0.2, 0) is 6.42 Å². The number of likely N-dealkylation sites (N-methyl/N-ethyl adjacent to an activating group) is 1. The zero-order valence-electron chi connectivity index (χ0n) is 10.5. The van der Waals surface area contributed by atoms with Crippen molar-refractivity contribution in [3.8, 4) is 0 Å². The molecule has 0 aromatic heterocycles. The second-order valence-electron chi connectivity index (χ2n) is 5.33. The Kier molecular flexibility index (Phi) is 3.20. The molecule has 2 N–H and O–H groups in total. The average Bonchev–Trinajstić information content (AvgIpc) is 2.22. The molecule has 2 nitrogen and oxygen atoms in total. The molecular weight excluding hydrogens is 196 g/mol. The first kappa shape index (κ1) is 11.5. The molecule has 0 spiro atoms. The predicted molar refractivity (Wildman–Crippen MR) is 69.4 cm³/mol. The Morgan fingerprint density at radius 1 is 1.44 bits per heavy atom. The van der Waals surface area contributed by atoms with Gasteiger partial charge in [0.2, 0.25) is 0 Å². The van der Waals surface area contributed by atoms with Crippen LogP contribution in [0.25, 0.3) is 0 Å². The second-order valence-corrected chi connectivity index (χ2v) is 5.33. The molecule has 1 aliphatic heterocycles. The summed E-state index contributed by atoms with van der Waals surface area (Å²) in [4.78, 5) is 2.46. The third-order valence-electron chi connectivity index (χ3n) is 3.49.